The van der Waals surface area contributed by atoms with E-state index in [-0.39, 0.29) is 6.09 Å². The molecule has 0 atom stereocenters. The largest absolute Gasteiger partial charge is 0.481 e. The molecule has 1 aliphatic heterocycles. The summed E-state index contributed by atoms with van der Waals surface area (Å²) in [5.41, 5.74) is 1.58. The maximum atomic E-state index is 12.2. The van der Waals surface area contributed by atoms with Gasteiger partial charge in [-0.3, -0.25) is 0 Å². The van der Waals surface area contributed by atoms with Gasteiger partial charge in [0.1, 0.15) is 5.60 Å². The van der Waals surface area contributed by atoms with E-state index in [0.717, 1.165) is 29.7 Å². The van der Waals surface area contributed by atoms with Gasteiger partial charge >= 0.3 is 6.09 Å². The minimum Gasteiger partial charge on any atom is -0.481 e. The lowest BCUT2D eigenvalue weighted by molar-refractivity contribution is 0.0240. The maximum Gasteiger partial charge on any atom is 0.410 e. The van der Waals surface area contributed by atoms with E-state index in [1.54, 1.807) is 12.0 Å². The zero-order valence-electron chi connectivity index (χ0n) is 15.3. The van der Waals surface area contributed by atoms with Crippen LogP contribution in [0.15, 0.2) is 30.3 Å². The number of amides is 1. The van der Waals surface area contributed by atoms with Crippen LogP contribution in [0.4, 0.5) is 10.5 Å². The number of piperazine rings is 1. The SMILES string of the molecule is COc1ccc2c(N3CCN(C(=O)OC(C)(C)C)CC3)cccc2n1. The molecule has 1 aliphatic rings. The van der Waals surface area contributed by atoms with Crippen LogP contribution in [0.25, 0.3) is 10.9 Å². The zero-order chi connectivity index (χ0) is 18.0. The Balaban J connectivity index is 1.73. The lowest BCUT2D eigenvalue weighted by Crippen LogP contribution is -2.50. The summed E-state index contributed by atoms with van der Waals surface area (Å²) in [6.07, 6.45) is -0.239. The summed E-state index contributed by atoms with van der Waals surface area (Å²) in [5, 5.41) is 1.09. The molecule has 25 heavy (non-hydrogen) atoms. The van der Waals surface area contributed by atoms with Crippen molar-refractivity contribution in [1.29, 1.82) is 0 Å². The molecule has 1 aromatic heterocycles. The van der Waals surface area contributed by atoms with Gasteiger partial charge in [-0.25, -0.2) is 9.78 Å². The molecule has 0 N–H and O–H groups in total. The quantitative estimate of drug-likeness (QED) is 0.837. The number of pyridine rings is 1. The van der Waals surface area contributed by atoms with Gasteiger partial charge in [-0.1, -0.05) is 6.07 Å². The molecule has 0 spiro atoms. The molecular formula is C19H25N3O3. The number of methoxy groups -OCH3 is 1. The highest BCUT2D eigenvalue weighted by Gasteiger charge is 2.26. The van der Waals surface area contributed by atoms with Gasteiger partial charge in [0, 0.05) is 43.3 Å². The van der Waals surface area contributed by atoms with Crippen molar-refractivity contribution in [2.45, 2.75) is 26.4 Å². The summed E-state index contributed by atoms with van der Waals surface area (Å²) < 4.78 is 10.7. The number of hydrogen-bond acceptors (Lipinski definition) is 5. The average Bonchev–Trinajstić information content (AvgIpc) is 2.59. The second-order valence-electron chi connectivity index (χ2n) is 7.15. The number of hydrogen-bond donors (Lipinski definition) is 0. The van der Waals surface area contributed by atoms with Crippen LogP contribution in [0.3, 0.4) is 0 Å². The fraction of sp³-hybridized carbons (Fsp3) is 0.474. The number of aromatic nitrogens is 1. The predicted octanol–water partition coefficient (Wildman–Crippen LogP) is 3.30. The van der Waals surface area contributed by atoms with E-state index in [4.69, 9.17) is 9.47 Å². The molecule has 1 amide bonds. The first kappa shape index (κ1) is 17.3. The van der Waals surface area contributed by atoms with Gasteiger partial charge in [0.2, 0.25) is 5.88 Å². The first-order valence-electron chi connectivity index (χ1n) is 8.54. The van der Waals surface area contributed by atoms with E-state index in [9.17, 15) is 4.79 Å². The Morgan fingerprint density at radius 1 is 1.08 bits per heavy atom. The van der Waals surface area contributed by atoms with Gasteiger partial charge < -0.3 is 19.3 Å². The number of rotatable bonds is 2. The van der Waals surface area contributed by atoms with Crippen LogP contribution < -0.4 is 9.64 Å². The normalized spacial score (nSPS) is 15.4. The van der Waals surface area contributed by atoms with Crippen molar-refractivity contribution in [3.63, 3.8) is 0 Å². The molecule has 0 unspecified atom stereocenters. The Morgan fingerprint density at radius 2 is 1.80 bits per heavy atom. The topological polar surface area (TPSA) is 54.9 Å². The van der Waals surface area contributed by atoms with E-state index < -0.39 is 5.60 Å². The molecule has 0 saturated carbocycles. The molecule has 1 fully saturated rings. The van der Waals surface area contributed by atoms with Crippen LogP contribution in [0, 0.1) is 0 Å². The van der Waals surface area contributed by atoms with Gasteiger partial charge in [0.25, 0.3) is 0 Å². The van der Waals surface area contributed by atoms with E-state index in [1.807, 2.05) is 45.0 Å². The number of benzene rings is 1. The van der Waals surface area contributed by atoms with Crippen molar-refractivity contribution in [3.05, 3.63) is 30.3 Å². The van der Waals surface area contributed by atoms with Gasteiger partial charge in [-0.05, 0) is 39.0 Å². The second-order valence-corrected chi connectivity index (χ2v) is 7.15. The number of nitrogens with zero attached hydrogens (tertiary/aromatic N) is 3. The van der Waals surface area contributed by atoms with E-state index >= 15 is 0 Å². The standard InChI is InChI=1S/C19H25N3O3/c1-19(2,3)25-18(23)22-12-10-21(11-13-22)16-7-5-6-15-14(16)8-9-17(20-15)24-4/h5-9H,10-13H2,1-4H3. The number of carbonyl (C=O) groups excluding carboxylic acids is 1. The average molecular weight is 343 g/mol. The zero-order valence-corrected chi connectivity index (χ0v) is 15.3. The van der Waals surface area contributed by atoms with Gasteiger partial charge in [-0.15, -0.1) is 0 Å². The first-order chi connectivity index (χ1) is 11.9. The number of anilines is 1. The van der Waals surface area contributed by atoms with Crippen molar-refractivity contribution < 1.29 is 14.3 Å². The summed E-state index contributed by atoms with van der Waals surface area (Å²) in [6, 6.07) is 10.0. The van der Waals surface area contributed by atoms with Crippen molar-refractivity contribution in [3.8, 4) is 5.88 Å². The van der Waals surface area contributed by atoms with Gasteiger partial charge in [0.15, 0.2) is 0 Å². The van der Waals surface area contributed by atoms with E-state index in [0.29, 0.717) is 19.0 Å². The number of carbonyl (C=O) groups is 1. The minimum atomic E-state index is -0.464. The van der Waals surface area contributed by atoms with Crippen molar-refractivity contribution in [2.24, 2.45) is 0 Å². The van der Waals surface area contributed by atoms with Crippen LogP contribution >= 0.6 is 0 Å². The molecule has 6 nitrogen and oxygen atoms in total. The van der Waals surface area contributed by atoms with Gasteiger partial charge in [0.05, 0.1) is 12.6 Å². The van der Waals surface area contributed by atoms with Crippen LogP contribution in [0.5, 0.6) is 5.88 Å². The molecule has 0 bridgehead atoms. The molecule has 0 radical (unpaired) electrons. The van der Waals surface area contributed by atoms with Crippen molar-refractivity contribution in [2.75, 3.05) is 38.2 Å². The third-order valence-corrected chi connectivity index (χ3v) is 4.16. The fourth-order valence-electron chi connectivity index (χ4n) is 2.97. The summed E-state index contributed by atoms with van der Waals surface area (Å²) >= 11 is 0. The Labute approximate surface area is 148 Å². The summed E-state index contributed by atoms with van der Waals surface area (Å²) in [7, 11) is 1.62. The number of fused-ring (bicyclic) bond motifs is 1. The van der Waals surface area contributed by atoms with E-state index in [1.165, 1.54) is 0 Å². The molecule has 3 rings (SSSR count). The molecule has 1 aromatic carbocycles. The number of ether oxygens (including phenoxy) is 2. The summed E-state index contributed by atoms with van der Waals surface area (Å²) in [5.74, 6) is 0.611. The van der Waals surface area contributed by atoms with Crippen LogP contribution in [0.2, 0.25) is 0 Å². The Bertz CT molecular complexity index is 762. The summed E-state index contributed by atoms with van der Waals surface area (Å²) in [6.45, 7) is 8.49. The second kappa shape index (κ2) is 6.78. The molecule has 134 valence electrons. The Hall–Kier alpha value is -2.50. The smallest absolute Gasteiger partial charge is 0.410 e. The molecule has 2 heterocycles. The highest BCUT2D eigenvalue weighted by atomic mass is 16.6. The van der Waals surface area contributed by atoms with Crippen molar-refractivity contribution >= 4 is 22.7 Å². The molecule has 2 aromatic rings. The molecule has 0 aliphatic carbocycles. The van der Waals surface area contributed by atoms with E-state index in [2.05, 4.69) is 16.0 Å². The Morgan fingerprint density at radius 3 is 2.44 bits per heavy atom. The van der Waals surface area contributed by atoms with Crippen molar-refractivity contribution in [1.82, 2.24) is 9.88 Å². The fourth-order valence-corrected chi connectivity index (χ4v) is 2.97. The Kier molecular flexibility index (Phi) is 4.70. The highest BCUT2D eigenvalue weighted by molar-refractivity contribution is 5.92. The maximum absolute atomic E-state index is 12.2. The van der Waals surface area contributed by atoms with Crippen LogP contribution in [-0.4, -0.2) is 54.9 Å². The van der Waals surface area contributed by atoms with Gasteiger partial charge in [-0.2, -0.15) is 0 Å². The lowest BCUT2D eigenvalue weighted by Gasteiger charge is -2.37. The minimum absolute atomic E-state index is 0.239. The lowest BCUT2D eigenvalue weighted by atomic mass is 10.1. The first-order valence-corrected chi connectivity index (χ1v) is 8.54. The van der Waals surface area contributed by atoms with Crippen LogP contribution in [-0.2, 0) is 4.74 Å². The van der Waals surface area contributed by atoms with Crippen LogP contribution in [0.1, 0.15) is 20.8 Å². The molecule has 6 heteroatoms. The summed E-state index contributed by atoms with van der Waals surface area (Å²) in [4.78, 5) is 20.8. The third-order valence-electron chi connectivity index (χ3n) is 4.16. The molecular weight excluding hydrogens is 318 g/mol. The highest BCUT2D eigenvalue weighted by Crippen LogP contribution is 2.28. The molecule has 1 saturated heterocycles. The monoisotopic (exact) mass is 343 g/mol. The predicted molar refractivity (Wildman–Crippen MR) is 98.3 cm³/mol. The third kappa shape index (κ3) is 3.95.